The average Bonchev–Trinajstić information content (AvgIpc) is 0.737. The minimum Gasteiger partial charge on any atom is -0.505 e. The Labute approximate surface area is 557 Å². The number of nitrogens with zero attached hydrogens (tertiary/aromatic N) is 2. The van der Waals surface area contributed by atoms with Gasteiger partial charge in [-0.3, -0.25) is 0 Å². The summed E-state index contributed by atoms with van der Waals surface area (Å²) in [6.07, 6.45) is 12.0. The van der Waals surface area contributed by atoms with E-state index in [-0.39, 0.29) is 16.6 Å². The molecule has 12 aromatic carbocycles. The van der Waals surface area contributed by atoms with Gasteiger partial charge in [0, 0.05) is 44.0 Å². The Hall–Kier alpha value is -9.12. The van der Waals surface area contributed by atoms with E-state index in [2.05, 4.69) is 291 Å². The zero-order valence-corrected chi connectivity index (χ0v) is 56.8. The first kappa shape index (κ1) is 61.1. The molecule has 94 heavy (non-hydrogen) atoms. The molecule has 2 fully saturated rings. The topological polar surface area (TPSA) is 39.9 Å². The van der Waals surface area contributed by atoms with Crippen LogP contribution < -0.4 is 9.80 Å². The van der Waals surface area contributed by atoms with E-state index < -0.39 is 0 Å². The van der Waals surface area contributed by atoms with Crippen LogP contribution in [0.4, 0.5) is 34.1 Å². The molecule has 2 aliphatic carbocycles. The maximum atomic E-state index is 13.4. The Balaban J connectivity index is 1.02. The van der Waals surface area contributed by atoms with Crippen molar-refractivity contribution in [2.75, 3.05) is 9.80 Å². The molecule has 15 rings (SSSR count). The summed E-state index contributed by atoms with van der Waals surface area (Å²) in [4.78, 5) is 4.96. The second kappa shape index (κ2) is 24.3. The molecular formula is C90H90N2O2. The van der Waals surface area contributed by atoms with E-state index in [1.54, 1.807) is 0 Å². The monoisotopic (exact) mass is 1230 g/mol. The van der Waals surface area contributed by atoms with E-state index in [1.165, 1.54) is 115 Å². The first-order chi connectivity index (χ1) is 45.5. The van der Waals surface area contributed by atoms with Crippen molar-refractivity contribution in [3.8, 4) is 39.1 Å². The van der Waals surface area contributed by atoms with Crippen LogP contribution in [-0.4, -0.2) is 5.11 Å². The number of benzene rings is 12. The Bertz CT molecular complexity index is 4960. The van der Waals surface area contributed by atoms with Crippen molar-refractivity contribution in [2.24, 2.45) is 0 Å². The third-order valence-corrected chi connectivity index (χ3v) is 21.4. The summed E-state index contributed by atoms with van der Waals surface area (Å²) >= 11 is 0. The normalized spacial score (nSPS) is 14.6. The fourth-order valence-electron chi connectivity index (χ4n) is 16.4. The molecule has 0 aliphatic heterocycles. The van der Waals surface area contributed by atoms with Gasteiger partial charge in [-0.1, -0.05) is 265 Å². The largest absolute Gasteiger partial charge is 0.505 e. The summed E-state index contributed by atoms with van der Waals surface area (Å²) in [6, 6.07) is 79.9. The highest BCUT2D eigenvalue weighted by Crippen LogP contribution is 2.56. The first-order valence-corrected chi connectivity index (χ1v) is 35.1. The zero-order valence-electron chi connectivity index (χ0n) is 56.8. The predicted octanol–water partition coefficient (Wildman–Crippen LogP) is 27.1. The molecule has 2 saturated carbocycles. The van der Waals surface area contributed by atoms with Gasteiger partial charge in [-0.25, -0.2) is 0 Å². The fourth-order valence-corrected chi connectivity index (χ4v) is 16.4. The van der Waals surface area contributed by atoms with Gasteiger partial charge in [0.2, 0.25) is 0 Å². The number of hydrogen-bond acceptors (Lipinski definition) is 4. The Kier molecular flexibility index (Phi) is 15.8. The molecule has 0 spiro atoms. The number of furan rings is 1. The van der Waals surface area contributed by atoms with Crippen LogP contribution in [0.5, 0.6) is 5.75 Å². The van der Waals surface area contributed by atoms with Crippen molar-refractivity contribution in [3.05, 3.63) is 246 Å². The van der Waals surface area contributed by atoms with Gasteiger partial charge in [0.1, 0.15) is 11.3 Å². The lowest BCUT2D eigenvalue weighted by molar-refractivity contribution is 0.445. The van der Waals surface area contributed by atoms with E-state index in [9.17, 15) is 5.11 Å². The first-order valence-electron chi connectivity index (χ1n) is 35.1. The second-order valence-electron chi connectivity index (χ2n) is 30.2. The summed E-state index contributed by atoms with van der Waals surface area (Å²) in [5, 5.41) is 23.3. The van der Waals surface area contributed by atoms with E-state index in [4.69, 9.17) is 4.42 Å². The highest BCUT2D eigenvalue weighted by atomic mass is 16.3. The minimum atomic E-state index is -0.0550. The van der Waals surface area contributed by atoms with Crippen LogP contribution >= 0.6 is 0 Å². The number of anilines is 6. The molecule has 0 unspecified atom stereocenters. The highest BCUT2D eigenvalue weighted by molar-refractivity contribution is 6.30. The molecule has 2 aliphatic rings. The van der Waals surface area contributed by atoms with Crippen LogP contribution in [0, 0.1) is 0 Å². The summed E-state index contributed by atoms with van der Waals surface area (Å²) < 4.78 is 7.53. The van der Waals surface area contributed by atoms with Crippen molar-refractivity contribution < 1.29 is 9.52 Å². The van der Waals surface area contributed by atoms with E-state index in [0.717, 1.165) is 104 Å². The second-order valence-corrected chi connectivity index (χ2v) is 30.2. The standard InChI is InChI=1S/C90H90N2O2/c1-56(2)66-31-17-19-33-68(66)60-29-21-30-61(53-60)69-35-23-39-80(86(69)93)91(64-45-41-62(42-46-64)89(5,6)7)82-54-78(58-25-13-11-14-26-58)71-50-52-77-83(55-79(59-27-15-12-16-28-59)72-49-51-76(82)84(71)85(72)77)92(65-47-43-63(44-48-65)90(8,9)10)81-40-24-38-75-74-37-22-36-73(87(74)94-88(75)81)70-34-20-18-32-67(70)57(3)4/h17-24,29-59,93H,11-16,25-28H2,1-10H3. The third-order valence-electron chi connectivity index (χ3n) is 21.4. The number of rotatable bonds is 13. The lowest BCUT2D eigenvalue weighted by Gasteiger charge is -2.34. The predicted molar refractivity (Wildman–Crippen MR) is 402 cm³/mol. The minimum absolute atomic E-state index is 0.0362. The summed E-state index contributed by atoms with van der Waals surface area (Å²) in [5.74, 6) is 1.72. The maximum absolute atomic E-state index is 13.4. The molecule has 0 atom stereocenters. The van der Waals surface area contributed by atoms with Crippen LogP contribution in [0.3, 0.4) is 0 Å². The van der Waals surface area contributed by atoms with Gasteiger partial charge in [-0.05, 0) is 192 Å². The number of para-hydroxylation sites is 3. The quantitative estimate of drug-likeness (QED) is 0.117. The zero-order chi connectivity index (χ0) is 64.7. The summed E-state index contributed by atoms with van der Waals surface area (Å²) in [7, 11) is 0. The SMILES string of the molecule is CC(C)c1ccccc1-c1cccc(-c2cccc(N(c3ccc(C(C)(C)C)cc3)c3cc(C4CCCCC4)c4ccc5c(N(c6ccc(C(C)(C)C)cc6)c6cccc7c6oc6c(-c8ccccc8C(C)C)cccc67)cc(C6CCCCC6)c6ccc3c4c65)c2O)c1. The van der Waals surface area contributed by atoms with Gasteiger partial charge in [0.05, 0.1) is 22.7 Å². The van der Waals surface area contributed by atoms with Gasteiger partial charge in [0.15, 0.2) is 5.58 Å². The number of hydrogen-bond donors (Lipinski definition) is 1. The number of phenolic OH excluding ortho intramolecular Hbond substituents is 1. The van der Waals surface area contributed by atoms with Crippen molar-refractivity contribution in [3.63, 3.8) is 0 Å². The molecule has 13 aromatic rings. The molecule has 472 valence electrons. The molecule has 0 radical (unpaired) electrons. The molecule has 0 saturated heterocycles. The lowest BCUT2D eigenvalue weighted by atomic mass is 9.77. The van der Waals surface area contributed by atoms with E-state index in [1.807, 2.05) is 0 Å². The fraction of sp³-hybridized carbons (Fsp3) is 0.289. The molecule has 1 N–H and O–H groups in total. The summed E-state index contributed by atoms with van der Waals surface area (Å²) in [6.45, 7) is 22.9. The number of fused-ring (bicyclic) bond motifs is 3. The van der Waals surface area contributed by atoms with Gasteiger partial charge in [0.25, 0.3) is 0 Å². The average molecular weight is 1230 g/mol. The van der Waals surface area contributed by atoms with Crippen molar-refractivity contribution >= 4 is 88.4 Å². The van der Waals surface area contributed by atoms with Crippen LogP contribution in [0.2, 0.25) is 0 Å². The number of aromatic hydroxyl groups is 1. The summed E-state index contributed by atoms with van der Waals surface area (Å²) in [5.41, 5.74) is 22.3. The van der Waals surface area contributed by atoms with Crippen LogP contribution in [0.1, 0.15) is 190 Å². The lowest BCUT2D eigenvalue weighted by Crippen LogP contribution is -2.16. The molecular weight excluding hydrogens is 1140 g/mol. The molecule has 1 heterocycles. The molecule has 0 amide bonds. The Morgan fingerprint density at radius 2 is 0.777 bits per heavy atom. The molecule has 0 bridgehead atoms. The van der Waals surface area contributed by atoms with Crippen LogP contribution in [0.15, 0.2) is 217 Å². The van der Waals surface area contributed by atoms with Gasteiger partial charge < -0.3 is 19.3 Å². The smallest absolute Gasteiger partial charge is 0.159 e. The number of phenols is 1. The van der Waals surface area contributed by atoms with Gasteiger partial charge in [-0.2, -0.15) is 0 Å². The highest BCUT2D eigenvalue weighted by Gasteiger charge is 2.32. The third kappa shape index (κ3) is 10.8. The molecule has 4 nitrogen and oxygen atoms in total. The van der Waals surface area contributed by atoms with E-state index >= 15 is 0 Å². The van der Waals surface area contributed by atoms with Crippen LogP contribution in [-0.2, 0) is 10.8 Å². The van der Waals surface area contributed by atoms with Gasteiger partial charge in [-0.15, -0.1) is 0 Å². The van der Waals surface area contributed by atoms with Gasteiger partial charge >= 0.3 is 0 Å². The molecule has 4 heteroatoms. The van der Waals surface area contributed by atoms with E-state index in [0.29, 0.717) is 23.7 Å². The molecule has 1 aromatic heterocycles. The maximum Gasteiger partial charge on any atom is 0.159 e. The van der Waals surface area contributed by atoms with Crippen molar-refractivity contribution in [1.82, 2.24) is 0 Å². The van der Waals surface area contributed by atoms with Crippen LogP contribution in [0.25, 0.3) is 87.6 Å². The van der Waals surface area contributed by atoms with Crippen molar-refractivity contribution in [2.45, 2.75) is 168 Å². The Morgan fingerprint density at radius 3 is 1.31 bits per heavy atom. The van der Waals surface area contributed by atoms with Crippen molar-refractivity contribution in [1.29, 1.82) is 0 Å². The Morgan fingerprint density at radius 1 is 0.362 bits per heavy atom.